The standard InChI is InChI=1S/C11H9NO/c1-2-8-3-4-9(11-7-13-11)6-10(8)12-5-1/h1-6,11H,7H2/t11-/m1/s1. The molecule has 0 amide bonds. The highest BCUT2D eigenvalue weighted by atomic mass is 16.6. The fraction of sp³-hybridized carbons (Fsp3) is 0.182. The summed E-state index contributed by atoms with van der Waals surface area (Å²) in [4.78, 5) is 4.30. The minimum atomic E-state index is 0.325. The van der Waals surface area contributed by atoms with Crippen LogP contribution in [-0.4, -0.2) is 11.6 Å². The smallest absolute Gasteiger partial charge is 0.106 e. The third-order valence-electron chi connectivity index (χ3n) is 2.34. The molecule has 0 N–H and O–H groups in total. The van der Waals surface area contributed by atoms with E-state index in [1.165, 1.54) is 10.9 Å². The topological polar surface area (TPSA) is 25.4 Å². The maximum Gasteiger partial charge on any atom is 0.106 e. The van der Waals surface area contributed by atoms with Crippen molar-refractivity contribution in [1.82, 2.24) is 4.98 Å². The molecule has 2 nitrogen and oxygen atoms in total. The van der Waals surface area contributed by atoms with Crippen molar-refractivity contribution in [3.8, 4) is 0 Å². The van der Waals surface area contributed by atoms with Gasteiger partial charge in [0.05, 0.1) is 12.1 Å². The average molecular weight is 171 g/mol. The van der Waals surface area contributed by atoms with E-state index < -0.39 is 0 Å². The predicted octanol–water partition coefficient (Wildman–Crippen LogP) is 2.31. The van der Waals surface area contributed by atoms with E-state index in [0.29, 0.717) is 6.10 Å². The summed E-state index contributed by atoms with van der Waals surface area (Å²) in [5, 5.41) is 1.19. The molecule has 0 radical (unpaired) electrons. The van der Waals surface area contributed by atoms with Crippen molar-refractivity contribution in [3.63, 3.8) is 0 Å². The van der Waals surface area contributed by atoms with E-state index in [2.05, 4.69) is 29.2 Å². The molecular formula is C11H9NO. The van der Waals surface area contributed by atoms with Crippen molar-refractivity contribution < 1.29 is 4.74 Å². The van der Waals surface area contributed by atoms with E-state index in [0.717, 1.165) is 12.1 Å². The SMILES string of the molecule is c1cnc2cc([C@H]3CO3)ccc2c1. The van der Waals surface area contributed by atoms with Crippen LogP contribution in [0.1, 0.15) is 11.7 Å². The summed E-state index contributed by atoms with van der Waals surface area (Å²) in [6.45, 7) is 0.859. The molecule has 0 bridgehead atoms. The lowest BCUT2D eigenvalue weighted by atomic mass is 10.1. The minimum Gasteiger partial charge on any atom is -0.368 e. The fourth-order valence-corrected chi connectivity index (χ4v) is 1.52. The van der Waals surface area contributed by atoms with E-state index in [-0.39, 0.29) is 0 Å². The summed E-state index contributed by atoms with van der Waals surface area (Å²) in [7, 11) is 0. The highest BCUT2D eigenvalue weighted by Crippen LogP contribution is 2.30. The molecule has 1 aliphatic heterocycles. The molecule has 2 heteroatoms. The molecule has 1 aromatic heterocycles. The van der Waals surface area contributed by atoms with Crippen LogP contribution in [0.4, 0.5) is 0 Å². The summed E-state index contributed by atoms with van der Waals surface area (Å²) in [6, 6.07) is 10.3. The first-order valence-corrected chi connectivity index (χ1v) is 4.40. The van der Waals surface area contributed by atoms with Gasteiger partial charge in [-0.15, -0.1) is 0 Å². The van der Waals surface area contributed by atoms with Crippen LogP contribution in [0.2, 0.25) is 0 Å². The van der Waals surface area contributed by atoms with Gasteiger partial charge in [-0.25, -0.2) is 0 Å². The molecule has 1 aliphatic rings. The molecule has 1 atom stereocenters. The van der Waals surface area contributed by atoms with Crippen molar-refractivity contribution in [2.45, 2.75) is 6.10 Å². The monoisotopic (exact) mass is 171 g/mol. The normalized spacial score (nSPS) is 20.5. The summed E-state index contributed by atoms with van der Waals surface area (Å²) in [5.74, 6) is 0. The zero-order chi connectivity index (χ0) is 8.67. The summed E-state index contributed by atoms with van der Waals surface area (Å²) < 4.78 is 5.22. The minimum absolute atomic E-state index is 0.325. The number of ether oxygens (including phenoxy) is 1. The van der Waals surface area contributed by atoms with Crippen LogP contribution < -0.4 is 0 Å². The largest absolute Gasteiger partial charge is 0.368 e. The van der Waals surface area contributed by atoms with Gasteiger partial charge in [-0.3, -0.25) is 4.98 Å². The zero-order valence-electron chi connectivity index (χ0n) is 7.10. The fourth-order valence-electron chi connectivity index (χ4n) is 1.52. The van der Waals surface area contributed by atoms with Crippen molar-refractivity contribution in [2.24, 2.45) is 0 Å². The van der Waals surface area contributed by atoms with E-state index in [4.69, 9.17) is 4.74 Å². The highest BCUT2D eigenvalue weighted by molar-refractivity contribution is 5.79. The van der Waals surface area contributed by atoms with Crippen LogP contribution in [0, 0.1) is 0 Å². The first-order chi connectivity index (χ1) is 6.43. The Morgan fingerprint density at radius 3 is 3.08 bits per heavy atom. The molecule has 3 rings (SSSR count). The van der Waals surface area contributed by atoms with Crippen LogP contribution in [0.5, 0.6) is 0 Å². The first-order valence-electron chi connectivity index (χ1n) is 4.40. The van der Waals surface area contributed by atoms with Crippen LogP contribution in [0.3, 0.4) is 0 Å². The van der Waals surface area contributed by atoms with E-state index >= 15 is 0 Å². The van der Waals surface area contributed by atoms with Gasteiger partial charge in [-0.1, -0.05) is 18.2 Å². The summed E-state index contributed by atoms with van der Waals surface area (Å²) in [6.07, 6.45) is 2.14. The van der Waals surface area contributed by atoms with Crippen LogP contribution >= 0.6 is 0 Å². The van der Waals surface area contributed by atoms with E-state index in [1.54, 1.807) is 0 Å². The number of aromatic nitrogens is 1. The van der Waals surface area contributed by atoms with Crippen LogP contribution in [0.15, 0.2) is 36.5 Å². The average Bonchev–Trinajstić information content (AvgIpc) is 3.00. The van der Waals surface area contributed by atoms with Crippen molar-refractivity contribution in [3.05, 3.63) is 42.1 Å². The molecule has 1 saturated heterocycles. The van der Waals surface area contributed by atoms with Gasteiger partial charge in [-0.05, 0) is 17.7 Å². The van der Waals surface area contributed by atoms with Gasteiger partial charge in [0.2, 0.25) is 0 Å². The number of pyridine rings is 1. The number of nitrogens with zero attached hydrogens (tertiary/aromatic N) is 1. The Morgan fingerprint density at radius 1 is 1.31 bits per heavy atom. The molecule has 64 valence electrons. The maximum atomic E-state index is 5.22. The molecule has 1 fully saturated rings. The number of benzene rings is 1. The first kappa shape index (κ1) is 7.04. The second-order valence-electron chi connectivity index (χ2n) is 3.28. The Balaban J connectivity index is 2.21. The molecule has 0 unspecified atom stereocenters. The summed E-state index contributed by atoms with van der Waals surface area (Å²) >= 11 is 0. The molecule has 0 saturated carbocycles. The quantitative estimate of drug-likeness (QED) is 0.615. The highest BCUT2D eigenvalue weighted by Gasteiger charge is 2.24. The lowest BCUT2D eigenvalue weighted by Crippen LogP contribution is -1.82. The maximum absolute atomic E-state index is 5.22. The van der Waals surface area contributed by atoms with Gasteiger partial charge >= 0.3 is 0 Å². The molecule has 0 spiro atoms. The molecule has 2 aromatic rings. The number of hydrogen-bond donors (Lipinski definition) is 0. The van der Waals surface area contributed by atoms with Gasteiger partial charge < -0.3 is 4.74 Å². The number of fused-ring (bicyclic) bond motifs is 1. The van der Waals surface area contributed by atoms with Gasteiger partial charge in [0.25, 0.3) is 0 Å². The molecule has 2 heterocycles. The molecule has 13 heavy (non-hydrogen) atoms. The lowest BCUT2D eigenvalue weighted by molar-refractivity contribution is 0.416. The third-order valence-corrected chi connectivity index (χ3v) is 2.34. The zero-order valence-corrected chi connectivity index (χ0v) is 7.10. The number of rotatable bonds is 1. The van der Waals surface area contributed by atoms with E-state index in [1.807, 2.05) is 12.3 Å². The van der Waals surface area contributed by atoms with Crippen LogP contribution in [0.25, 0.3) is 10.9 Å². The number of hydrogen-bond acceptors (Lipinski definition) is 2. The van der Waals surface area contributed by atoms with Crippen molar-refractivity contribution in [1.29, 1.82) is 0 Å². The van der Waals surface area contributed by atoms with Crippen molar-refractivity contribution in [2.75, 3.05) is 6.61 Å². The van der Waals surface area contributed by atoms with Gasteiger partial charge in [0.15, 0.2) is 0 Å². The lowest BCUT2D eigenvalue weighted by Gasteiger charge is -1.98. The van der Waals surface area contributed by atoms with Gasteiger partial charge in [-0.2, -0.15) is 0 Å². The van der Waals surface area contributed by atoms with Gasteiger partial charge in [0.1, 0.15) is 6.10 Å². The Morgan fingerprint density at radius 2 is 2.23 bits per heavy atom. The Labute approximate surface area is 76.2 Å². The predicted molar refractivity (Wildman–Crippen MR) is 50.4 cm³/mol. The third kappa shape index (κ3) is 1.19. The van der Waals surface area contributed by atoms with Gasteiger partial charge in [0, 0.05) is 11.6 Å². The van der Waals surface area contributed by atoms with E-state index in [9.17, 15) is 0 Å². The van der Waals surface area contributed by atoms with Crippen LogP contribution in [-0.2, 0) is 4.74 Å². The number of epoxide rings is 1. The molecule has 1 aromatic carbocycles. The Hall–Kier alpha value is -1.41. The molecular weight excluding hydrogens is 162 g/mol. The second kappa shape index (κ2) is 2.54. The second-order valence-corrected chi connectivity index (χ2v) is 3.28. The molecule has 0 aliphatic carbocycles. The Kier molecular flexibility index (Phi) is 1.37. The summed E-state index contributed by atoms with van der Waals surface area (Å²) in [5.41, 5.74) is 2.29. The Bertz CT molecular complexity index is 449. The van der Waals surface area contributed by atoms with Crippen molar-refractivity contribution >= 4 is 10.9 Å².